The molecule has 1 aliphatic rings. The van der Waals surface area contributed by atoms with Crippen LogP contribution in [0.25, 0.3) is 0 Å². The quantitative estimate of drug-likeness (QED) is 0.783. The van der Waals surface area contributed by atoms with Crippen LogP contribution < -0.4 is 14.4 Å². The Kier molecular flexibility index (Phi) is 4.29. The Balaban J connectivity index is 2.44. The van der Waals surface area contributed by atoms with Gasteiger partial charge in [0.1, 0.15) is 16.7 Å². The number of rotatable bonds is 4. The van der Waals surface area contributed by atoms with E-state index in [4.69, 9.17) is 21.1 Å². The van der Waals surface area contributed by atoms with E-state index in [2.05, 4.69) is 0 Å². The molecule has 1 aromatic carbocycles. The molecule has 0 bridgehead atoms. The van der Waals surface area contributed by atoms with Crippen LogP contribution in [0.2, 0.25) is 5.02 Å². The third kappa shape index (κ3) is 3.06. The summed E-state index contributed by atoms with van der Waals surface area (Å²) in [6.07, 6.45) is -0.410. The van der Waals surface area contributed by atoms with Crippen LogP contribution in [0, 0.1) is 0 Å². The van der Waals surface area contributed by atoms with Crippen molar-refractivity contribution in [1.82, 2.24) is 0 Å². The number of hydrogen-bond donors (Lipinski definition) is 0. The maximum Gasteiger partial charge on any atom is 0.307 e. The second-order valence-electron chi connectivity index (χ2n) is 4.46. The number of amides is 1. The predicted octanol–water partition coefficient (Wildman–Crippen LogP) is 1.76. The lowest BCUT2D eigenvalue weighted by Crippen LogP contribution is -2.27. The minimum atomic E-state index is -4.78. The summed E-state index contributed by atoms with van der Waals surface area (Å²) < 4.78 is 45.2. The SMILES string of the molecule is COc1cc(N2CC(S(=O)(=O)F)CC2=O)c(OC)cc1Cl. The van der Waals surface area contributed by atoms with Crippen LogP contribution in [0.15, 0.2) is 12.1 Å². The molecule has 0 aromatic heterocycles. The molecule has 0 spiro atoms. The van der Waals surface area contributed by atoms with Crippen molar-refractivity contribution in [3.05, 3.63) is 17.2 Å². The molecule has 2 rings (SSSR count). The maximum absolute atomic E-state index is 13.1. The van der Waals surface area contributed by atoms with Crippen molar-refractivity contribution in [2.45, 2.75) is 11.7 Å². The number of carbonyl (C=O) groups excluding carboxylic acids is 1. The third-order valence-electron chi connectivity index (χ3n) is 3.23. The fourth-order valence-electron chi connectivity index (χ4n) is 2.15. The van der Waals surface area contributed by atoms with Gasteiger partial charge in [-0.1, -0.05) is 11.6 Å². The van der Waals surface area contributed by atoms with Gasteiger partial charge in [-0.05, 0) is 0 Å². The van der Waals surface area contributed by atoms with Gasteiger partial charge in [-0.15, -0.1) is 3.89 Å². The van der Waals surface area contributed by atoms with Gasteiger partial charge in [-0.25, -0.2) is 0 Å². The van der Waals surface area contributed by atoms with E-state index in [1.165, 1.54) is 26.4 Å². The highest BCUT2D eigenvalue weighted by Gasteiger charge is 2.40. The summed E-state index contributed by atoms with van der Waals surface area (Å²) in [6.45, 7) is -0.279. The molecule has 1 heterocycles. The molecule has 1 saturated heterocycles. The largest absolute Gasteiger partial charge is 0.495 e. The van der Waals surface area contributed by atoms with Crippen LogP contribution >= 0.6 is 11.6 Å². The normalized spacial score (nSPS) is 19.0. The number of carbonyl (C=O) groups is 1. The zero-order valence-corrected chi connectivity index (χ0v) is 12.9. The molecule has 1 unspecified atom stereocenters. The van der Waals surface area contributed by atoms with Gasteiger partial charge in [-0.2, -0.15) is 8.42 Å². The Labute approximate surface area is 126 Å². The summed E-state index contributed by atoms with van der Waals surface area (Å²) in [5.41, 5.74) is 0.287. The van der Waals surface area contributed by atoms with Gasteiger partial charge in [0.05, 0.1) is 24.9 Å². The molecule has 1 atom stereocenters. The smallest absolute Gasteiger partial charge is 0.307 e. The van der Waals surface area contributed by atoms with E-state index in [0.717, 1.165) is 4.90 Å². The molecule has 1 aliphatic heterocycles. The second kappa shape index (κ2) is 5.69. The van der Waals surface area contributed by atoms with Crippen molar-refractivity contribution < 1.29 is 26.6 Å². The Bertz CT molecular complexity index is 678. The lowest BCUT2D eigenvalue weighted by atomic mass is 10.2. The molecule has 1 fully saturated rings. The fraction of sp³-hybridized carbons (Fsp3) is 0.417. The predicted molar refractivity (Wildman–Crippen MR) is 75.3 cm³/mol. The molecule has 21 heavy (non-hydrogen) atoms. The Morgan fingerprint density at radius 1 is 1.29 bits per heavy atom. The number of ether oxygens (including phenoxy) is 2. The standard InChI is InChI=1S/C12H13ClFNO5S/c1-19-10-5-9(11(20-2)4-8(10)13)15-6-7(3-12(15)16)21(14,17)18/h4-5,7H,3,6H2,1-2H3. The summed E-state index contributed by atoms with van der Waals surface area (Å²) in [7, 11) is -2.00. The van der Waals surface area contributed by atoms with Gasteiger partial charge in [0.2, 0.25) is 5.91 Å². The molecule has 116 valence electrons. The van der Waals surface area contributed by atoms with Crippen molar-refractivity contribution in [2.75, 3.05) is 25.7 Å². The van der Waals surface area contributed by atoms with Gasteiger partial charge in [0.25, 0.3) is 0 Å². The zero-order chi connectivity index (χ0) is 15.8. The maximum atomic E-state index is 13.1. The van der Waals surface area contributed by atoms with E-state index in [1.54, 1.807) is 0 Å². The molecule has 1 amide bonds. The Morgan fingerprint density at radius 3 is 2.38 bits per heavy atom. The van der Waals surface area contributed by atoms with E-state index in [-0.39, 0.29) is 23.0 Å². The number of hydrogen-bond acceptors (Lipinski definition) is 5. The van der Waals surface area contributed by atoms with Crippen LogP contribution in [-0.4, -0.2) is 40.3 Å². The van der Waals surface area contributed by atoms with Crippen molar-refractivity contribution in [3.8, 4) is 11.5 Å². The Hall–Kier alpha value is -1.54. The highest BCUT2D eigenvalue weighted by atomic mass is 35.5. The van der Waals surface area contributed by atoms with Crippen molar-refractivity contribution >= 4 is 33.4 Å². The van der Waals surface area contributed by atoms with E-state index in [0.29, 0.717) is 5.75 Å². The van der Waals surface area contributed by atoms with Crippen molar-refractivity contribution in [2.24, 2.45) is 0 Å². The molecule has 0 radical (unpaired) electrons. The molecule has 9 heteroatoms. The first-order valence-electron chi connectivity index (χ1n) is 5.93. The average molecular weight is 338 g/mol. The number of anilines is 1. The van der Waals surface area contributed by atoms with Gasteiger partial charge in [0, 0.05) is 25.1 Å². The van der Waals surface area contributed by atoms with Crippen molar-refractivity contribution in [1.29, 1.82) is 0 Å². The molecular formula is C12H13ClFNO5S. The van der Waals surface area contributed by atoms with E-state index in [9.17, 15) is 17.1 Å². The van der Waals surface area contributed by atoms with Gasteiger partial charge >= 0.3 is 10.2 Å². The van der Waals surface area contributed by atoms with Crippen LogP contribution in [-0.2, 0) is 15.0 Å². The summed E-state index contributed by atoms with van der Waals surface area (Å²) in [4.78, 5) is 13.1. The fourth-order valence-corrected chi connectivity index (χ4v) is 3.05. The molecular weight excluding hydrogens is 325 g/mol. The number of methoxy groups -OCH3 is 2. The lowest BCUT2D eigenvalue weighted by molar-refractivity contribution is -0.117. The van der Waals surface area contributed by atoms with E-state index >= 15 is 0 Å². The zero-order valence-electron chi connectivity index (χ0n) is 11.3. The molecule has 0 saturated carbocycles. The van der Waals surface area contributed by atoms with Crippen molar-refractivity contribution in [3.63, 3.8) is 0 Å². The van der Waals surface area contributed by atoms with Gasteiger partial charge < -0.3 is 14.4 Å². The minimum Gasteiger partial charge on any atom is -0.495 e. The number of nitrogens with zero attached hydrogens (tertiary/aromatic N) is 1. The monoisotopic (exact) mass is 337 g/mol. The highest BCUT2D eigenvalue weighted by Crippen LogP contribution is 2.40. The molecule has 0 N–H and O–H groups in total. The average Bonchev–Trinajstić information content (AvgIpc) is 2.80. The summed E-state index contributed by atoms with van der Waals surface area (Å²) >= 11 is 5.96. The molecule has 0 aliphatic carbocycles. The Morgan fingerprint density at radius 2 is 1.90 bits per heavy atom. The van der Waals surface area contributed by atoms with Crippen LogP contribution in [0.3, 0.4) is 0 Å². The molecule has 1 aromatic rings. The molecule has 6 nitrogen and oxygen atoms in total. The number of halogens is 2. The van der Waals surface area contributed by atoms with Gasteiger partial charge in [-0.3, -0.25) is 4.79 Å². The van der Waals surface area contributed by atoms with Crippen LogP contribution in [0.1, 0.15) is 6.42 Å². The minimum absolute atomic E-state index is 0.269. The first-order valence-corrected chi connectivity index (χ1v) is 7.75. The lowest BCUT2D eigenvalue weighted by Gasteiger charge is -2.20. The second-order valence-corrected chi connectivity index (χ2v) is 6.49. The van der Waals surface area contributed by atoms with Gasteiger partial charge in [0.15, 0.2) is 0 Å². The summed E-state index contributed by atoms with van der Waals surface area (Å²) in [6, 6.07) is 2.90. The van der Waals surface area contributed by atoms with E-state index < -0.39 is 27.8 Å². The topological polar surface area (TPSA) is 72.9 Å². The highest BCUT2D eigenvalue weighted by molar-refractivity contribution is 7.87. The summed E-state index contributed by atoms with van der Waals surface area (Å²) in [5, 5.41) is -1.10. The van der Waals surface area contributed by atoms with E-state index in [1.807, 2.05) is 0 Å². The first kappa shape index (κ1) is 15.8. The van der Waals surface area contributed by atoms with Crippen LogP contribution in [0.5, 0.6) is 11.5 Å². The van der Waals surface area contributed by atoms with Crippen LogP contribution in [0.4, 0.5) is 9.57 Å². The first-order chi connectivity index (χ1) is 9.77. The number of benzene rings is 1. The third-order valence-corrected chi connectivity index (χ3v) is 4.64. The summed E-state index contributed by atoms with van der Waals surface area (Å²) in [5.74, 6) is 0.0572.